The summed E-state index contributed by atoms with van der Waals surface area (Å²) in [4.78, 5) is 7.01. The average molecular weight is 685 g/mol. The third-order valence-electron chi connectivity index (χ3n) is 10.3. The van der Waals surface area contributed by atoms with E-state index in [1.807, 2.05) is 34.9 Å². The van der Waals surface area contributed by atoms with E-state index in [4.69, 9.17) is 0 Å². The fraction of sp³-hybridized carbons (Fsp3) is 0. The molecule has 0 N–H and O–H groups in total. The first-order valence-electron chi connectivity index (χ1n) is 17.2. The Kier molecular flexibility index (Phi) is 6.32. The maximum atomic E-state index is 4.60. The second-order valence-corrected chi connectivity index (χ2v) is 15.3. The predicted octanol–water partition coefficient (Wildman–Crippen LogP) is 14.4. The lowest BCUT2D eigenvalue weighted by molar-refractivity contribution is 1.30. The quantitative estimate of drug-likeness (QED) is 0.183. The zero-order valence-electron chi connectivity index (χ0n) is 27.4. The molecule has 0 atom stereocenters. The maximum absolute atomic E-state index is 4.60. The Bertz CT molecular complexity index is 3000. The molecule has 3 heterocycles. The van der Waals surface area contributed by atoms with Gasteiger partial charge in [0.2, 0.25) is 0 Å². The van der Waals surface area contributed by atoms with Gasteiger partial charge in [0.15, 0.2) is 0 Å². The highest BCUT2D eigenvalue weighted by molar-refractivity contribution is 7.27. The second-order valence-electron chi connectivity index (χ2n) is 13.2. The Balaban J connectivity index is 1.09. The normalized spacial score (nSPS) is 11.9. The Morgan fingerprint density at radius 1 is 0.373 bits per heavy atom. The number of aromatic nitrogens is 1. The number of pyridine rings is 1. The largest absolute Gasteiger partial charge is 0.310 e. The molecule has 0 aliphatic heterocycles. The molecule has 4 heteroatoms. The van der Waals surface area contributed by atoms with E-state index in [9.17, 15) is 0 Å². The molecule has 0 amide bonds. The molecule has 0 radical (unpaired) electrons. The van der Waals surface area contributed by atoms with Gasteiger partial charge in [-0.1, -0.05) is 115 Å². The van der Waals surface area contributed by atoms with Crippen LogP contribution in [0.4, 0.5) is 17.1 Å². The minimum absolute atomic E-state index is 1.01. The van der Waals surface area contributed by atoms with Crippen molar-refractivity contribution in [3.8, 4) is 11.1 Å². The highest BCUT2D eigenvalue weighted by Gasteiger charge is 2.18. The molecular formula is C47H28N2S2. The van der Waals surface area contributed by atoms with Crippen molar-refractivity contribution in [3.05, 3.63) is 170 Å². The number of fused-ring (bicyclic) bond motifs is 11. The Hall–Kier alpha value is -6.07. The van der Waals surface area contributed by atoms with Gasteiger partial charge >= 0.3 is 0 Å². The lowest BCUT2D eigenvalue weighted by atomic mass is 10.0. The van der Waals surface area contributed by atoms with E-state index in [0.717, 1.165) is 33.5 Å². The van der Waals surface area contributed by atoms with Crippen LogP contribution in [0, 0.1) is 0 Å². The molecule has 0 aliphatic rings. The summed E-state index contributed by atoms with van der Waals surface area (Å²) in [6, 6.07) is 60.1. The first-order valence-corrected chi connectivity index (χ1v) is 18.8. The highest BCUT2D eigenvalue weighted by atomic mass is 32.1. The van der Waals surface area contributed by atoms with Gasteiger partial charge in [0.25, 0.3) is 0 Å². The number of anilines is 3. The number of nitrogens with zero attached hydrogens (tertiary/aromatic N) is 2. The maximum Gasteiger partial charge on any atom is 0.0708 e. The summed E-state index contributed by atoms with van der Waals surface area (Å²) in [5, 5.41) is 11.6. The highest BCUT2D eigenvalue weighted by Crippen LogP contribution is 2.45. The lowest BCUT2D eigenvalue weighted by Gasteiger charge is -2.26. The van der Waals surface area contributed by atoms with Crippen LogP contribution in [0.15, 0.2) is 170 Å². The van der Waals surface area contributed by atoms with Crippen LogP contribution in [0.3, 0.4) is 0 Å². The topological polar surface area (TPSA) is 16.1 Å². The van der Waals surface area contributed by atoms with E-state index in [0.29, 0.717) is 0 Å². The van der Waals surface area contributed by atoms with Crippen molar-refractivity contribution in [1.29, 1.82) is 0 Å². The summed E-state index contributed by atoms with van der Waals surface area (Å²) in [7, 11) is 0. The lowest BCUT2D eigenvalue weighted by Crippen LogP contribution is -2.09. The van der Waals surface area contributed by atoms with Gasteiger partial charge in [-0.05, 0) is 81.2 Å². The molecule has 51 heavy (non-hydrogen) atoms. The Morgan fingerprint density at radius 3 is 1.51 bits per heavy atom. The van der Waals surface area contributed by atoms with Gasteiger partial charge in [-0.25, -0.2) is 0 Å². The summed E-state index contributed by atoms with van der Waals surface area (Å²) >= 11 is 3.78. The Morgan fingerprint density at radius 2 is 0.882 bits per heavy atom. The van der Waals surface area contributed by atoms with Gasteiger partial charge in [0.05, 0.1) is 5.52 Å². The molecular weight excluding hydrogens is 657 g/mol. The van der Waals surface area contributed by atoms with Gasteiger partial charge in [-0.15, -0.1) is 22.7 Å². The van der Waals surface area contributed by atoms with E-state index < -0.39 is 0 Å². The monoisotopic (exact) mass is 684 g/mol. The van der Waals surface area contributed by atoms with Crippen LogP contribution in [-0.4, -0.2) is 4.98 Å². The van der Waals surface area contributed by atoms with Crippen LogP contribution >= 0.6 is 22.7 Å². The molecule has 11 aromatic rings. The van der Waals surface area contributed by atoms with Crippen LogP contribution in [0.2, 0.25) is 0 Å². The van der Waals surface area contributed by atoms with Crippen LogP contribution in [0.5, 0.6) is 0 Å². The van der Waals surface area contributed by atoms with Crippen LogP contribution < -0.4 is 4.90 Å². The molecule has 2 nitrogen and oxygen atoms in total. The molecule has 11 rings (SSSR count). The molecule has 0 saturated carbocycles. The fourth-order valence-electron chi connectivity index (χ4n) is 7.76. The molecule has 3 aromatic heterocycles. The summed E-state index contributed by atoms with van der Waals surface area (Å²) in [5.41, 5.74) is 6.75. The minimum atomic E-state index is 1.01. The van der Waals surface area contributed by atoms with Crippen molar-refractivity contribution in [2.45, 2.75) is 0 Å². The first-order chi connectivity index (χ1) is 25.2. The molecule has 0 aliphatic carbocycles. The SMILES string of the molecule is c1cnc2cc(-c3ccc(N(c4ccc5c(c4)sc4c6ccccc6ccc54)c4ccc5c(c4)sc4c6ccccc6ccc54)cc3)ccc2c1. The van der Waals surface area contributed by atoms with E-state index in [2.05, 4.69) is 168 Å². The van der Waals surface area contributed by atoms with Crippen LogP contribution in [0.1, 0.15) is 0 Å². The Labute approximate surface area is 302 Å². The molecule has 8 aromatic carbocycles. The van der Waals surface area contributed by atoms with Gasteiger partial charge < -0.3 is 4.90 Å². The number of benzene rings is 8. The summed E-state index contributed by atoms with van der Waals surface area (Å²) in [6.07, 6.45) is 1.86. The zero-order chi connectivity index (χ0) is 33.5. The smallest absolute Gasteiger partial charge is 0.0708 e. The van der Waals surface area contributed by atoms with Crippen molar-refractivity contribution < 1.29 is 0 Å². The fourth-order valence-corrected chi connectivity index (χ4v) is 10.3. The zero-order valence-corrected chi connectivity index (χ0v) is 29.0. The molecule has 0 fully saturated rings. The standard InChI is InChI=1S/C47H28N2S2/c1-3-9-37-30(6-1)15-21-41-39-23-19-35(27-44(39)50-46(37)41)49(34-17-13-29(14-18-34)33-12-11-32-8-5-25-48-43(32)26-33)36-20-24-40-42-22-16-31-7-2-4-10-38(31)47(42)51-45(40)28-36/h1-28H. The molecule has 238 valence electrons. The van der Waals surface area contributed by atoms with Crippen molar-refractivity contribution in [2.75, 3.05) is 4.90 Å². The number of thiophene rings is 2. The van der Waals surface area contributed by atoms with Gasteiger partial charge in [-0.3, -0.25) is 4.98 Å². The van der Waals surface area contributed by atoms with Crippen LogP contribution in [0.25, 0.3) is 83.9 Å². The van der Waals surface area contributed by atoms with Crippen molar-refractivity contribution in [3.63, 3.8) is 0 Å². The van der Waals surface area contributed by atoms with Crippen molar-refractivity contribution in [1.82, 2.24) is 4.98 Å². The summed E-state index contributed by atoms with van der Waals surface area (Å²) < 4.78 is 5.27. The third-order valence-corrected chi connectivity index (χ3v) is 12.7. The van der Waals surface area contributed by atoms with E-state index in [1.165, 1.54) is 67.5 Å². The average Bonchev–Trinajstić information content (AvgIpc) is 3.76. The van der Waals surface area contributed by atoms with Crippen molar-refractivity contribution >= 4 is 113 Å². The molecule has 0 unspecified atom stereocenters. The van der Waals surface area contributed by atoms with Crippen LogP contribution in [-0.2, 0) is 0 Å². The first kappa shape index (κ1) is 28.7. The summed E-state index contributed by atoms with van der Waals surface area (Å²) in [5.74, 6) is 0. The molecule has 0 bridgehead atoms. The number of hydrogen-bond acceptors (Lipinski definition) is 4. The van der Waals surface area contributed by atoms with Gasteiger partial charge in [0.1, 0.15) is 0 Å². The molecule has 0 saturated heterocycles. The number of rotatable bonds is 4. The predicted molar refractivity (Wildman–Crippen MR) is 223 cm³/mol. The van der Waals surface area contributed by atoms with Gasteiger partial charge in [0, 0.05) is 69.0 Å². The molecule has 0 spiro atoms. The van der Waals surface area contributed by atoms with Gasteiger partial charge in [-0.2, -0.15) is 0 Å². The second kappa shape index (κ2) is 11.2. The van der Waals surface area contributed by atoms with E-state index in [-0.39, 0.29) is 0 Å². The number of hydrogen-bond donors (Lipinski definition) is 0. The van der Waals surface area contributed by atoms with Crippen molar-refractivity contribution in [2.24, 2.45) is 0 Å². The third kappa shape index (κ3) is 4.58. The van der Waals surface area contributed by atoms with E-state index >= 15 is 0 Å². The van der Waals surface area contributed by atoms with E-state index in [1.54, 1.807) is 0 Å². The minimum Gasteiger partial charge on any atom is -0.310 e. The summed E-state index contributed by atoms with van der Waals surface area (Å²) in [6.45, 7) is 0.